The number of halogens is 2. The zero-order chi connectivity index (χ0) is 13.8. The van der Waals surface area contributed by atoms with Gasteiger partial charge in [-0.15, -0.1) is 0 Å². The highest BCUT2D eigenvalue weighted by molar-refractivity contribution is 7.99. The summed E-state index contributed by atoms with van der Waals surface area (Å²) in [7, 11) is 0. The van der Waals surface area contributed by atoms with Crippen molar-refractivity contribution in [1.29, 1.82) is 0 Å². The van der Waals surface area contributed by atoms with E-state index >= 15 is 0 Å². The van der Waals surface area contributed by atoms with Gasteiger partial charge >= 0.3 is 0 Å². The van der Waals surface area contributed by atoms with Gasteiger partial charge in [-0.25, -0.2) is 0 Å². The van der Waals surface area contributed by atoms with Gasteiger partial charge in [-0.3, -0.25) is 0 Å². The standard InChI is InChI=1S/C14H14F2N2S/c1-9-6-7-10(17)12(8-9)18-11-4-2-3-5-13(11)19-14(15)16/h2-8,14,18H,17H2,1H3. The average molecular weight is 280 g/mol. The Morgan fingerprint density at radius 1 is 1.11 bits per heavy atom. The highest BCUT2D eigenvalue weighted by Crippen LogP contribution is 2.34. The summed E-state index contributed by atoms with van der Waals surface area (Å²) in [6.07, 6.45) is 0. The Morgan fingerprint density at radius 2 is 1.84 bits per heavy atom. The summed E-state index contributed by atoms with van der Waals surface area (Å²) in [5.74, 6) is -2.45. The average Bonchev–Trinajstić information content (AvgIpc) is 2.35. The molecule has 100 valence electrons. The molecular weight excluding hydrogens is 266 g/mol. The van der Waals surface area contributed by atoms with E-state index in [0.29, 0.717) is 28.0 Å². The van der Waals surface area contributed by atoms with Crippen molar-refractivity contribution >= 4 is 28.8 Å². The maximum atomic E-state index is 12.5. The lowest BCUT2D eigenvalue weighted by Gasteiger charge is -2.13. The van der Waals surface area contributed by atoms with Crippen molar-refractivity contribution in [2.45, 2.75) is 17.6 Å². The molecule has 3 N–H and O–H groups in total. The van der Waals surface area contributed by atoms with E-state index in [0.717, 1.165) is 11.3 Å². The summed E-state index contributed by atoms with van der Waals surface area (Å²) in [4.78, 5) is 0.499. The van der Waals surface area contributed by atoms with Gasteiger partial charge < -0.3 is 11.1 Å². The molecule has 0 aliphatic carbocycles. The Morgan fingerprint density at radius 3 is 2.58 bits per heavy atom. The van der Waals surface area contributed by atoms with Crippen molar-refractivity contribution in [1.82, 2.24) is 0 Å². The smallest absolute Gasteiger partial charge is 0.288 e. The van der Waals surface area contributed by atoms with Gasteiger partial charge in [-0.05, 0) is 36.8 Å². The van der Waals surface area contributed by atoms with Crippen molar-refractivity contribution in [2.24, 2.45) is 0 Å². The highest BCUT2D eigenvalue weighted by Gasteiger charge is 2.10. The Kier molecular flexibility index (Phi) is 4.27. The lowest BCUT2D eigenvalue weighted by molar-refractivity contribution is 0.252. The number of para-hydroxylation sites is 1. The third-order valence-electron chi connectivity index (χ3n) is 2.58. The molecule has 2 rings (SSSR count). The number of nitrogens with one attached hydrogen (secondary N) is 1. The van der Waals surface area contributed by atoms with Crippen LogP contribution in [-0.2, 0) is 0 Å². The van der Waals surface area contributed by atoms with Crippen LogP contribution in [0.2, 0.25) is 0 Å². The molecule has 0 radical (unpaired) electrons. The molecule has 2 aromatic carbocycles. The molecule has 0 spiro atoms. The molecule has 0 aromatic heterocycles. The number of alkyl halides is 2. The first kappa shape index (κ1) is 13.7. The summed E-state index contributed by atoms with van der Waals surface area (Å²) in [5, 5.41) is 3.11. The Labute approximate surface area is 115 Å². The summed E-state index contributed by atoms with van der Waals surface area (Å²) in [6.45, 7) is 1.95. The van der Waals surface area contributed by atoms with Gasteiger partial charge in [0.1, 0.15) is 0 Å². The van der Waals surface area contributed by atoms with Gasteiger partial charge in [0.05, 0.1) is 17.1 Å². The molecular formula is C14H14F2N2S. The second-order valence-electron chi connectivity index (χ2n) is 4.09. The van der Waals surface area contributed by atoms with E-state index < -0.39 is 5.76 Å². The molecule has 0 saturated heterocycles. The second kappa shape index (κ2) is 5.93. The first-order valence-electron chi connectivity index (χ1n) is 5.73. The van der Waals surface area contributed by atoms with Crippen LogP contribution in [0.4, 0.5) is 25.8 Å². The quantitative estimate of drug-likeness (QED) is 0.633. The number of hydrogen-bond donors (Lipinski definition) is 2. The molecule has 0 atom stereocenters. The van der Waals surface area contributed by atoms with Crippen LogP contribution >= 0.6 is 11.8 Å². The molecule has 5 heteroatoms. The fourth-order valence-electron chi connectivity index (χ4n) is 1.69. The summed E-state index contributed by atoms with van der Waals surface area (Å²) < 4.78 is 25.0. The van der Waals surface area contributed by atoms with Crippen LogP contribution in [-0.4, -0.2) is 5.76 Å². The lowest BCUT2D eigenvalue weighted by atomic mass is 10.2. The fourth-order valence-corrected chi connectivity index (χ4v) is 2.29. The van der Waals surface area contributed by atoms with E-state index in [-0.39, 0.29) is 0 Å². The first-order chi connectivity index (χ1) is 9.06. The van der Waals surface area contributed by atoms with Crippen LogP contribution in [0.1, 0.15) is 5.56 Å². The zero-order valence-electron chi connectivity index (χ0n) is 10.4. The molecule has 2 nitrogen and oxygen atoms in total. The minimum atomic E-state index is -2.45. The largest absolute Gasteiger partial charge is 0.397 e. The van der Waals surface area contributed by atoms with Gasteiger partial charge in [0.15, 0.2) is 0 Å². The van der Waals surface area contributed by atoms with Crippen LogP contribution in [0.5, 0.6) is 0 Å². The Balaban J connectivity index is 2.30. The number of anilines is 3. The van der Waals surface area contributed by atoms with Crippen LogP contribution in [0.25, 0.3) is 0 Å². The van der Waals surface area contributed by atoms with E-state index in [9.17, 15) is 8.78 Å². The number of nitrogens with two attached hydrogens (primary N) is 1. The van der Waals surface area contributed by atoms with Crippen LogP contribution < -0.4 is 11.1 Å². The maximum absolute atomic E-state index is 12.5. The molecule has 0 saturated carbocycles. The SMILES string of the molecule is Cc1ccc(N)c(Nc2ccccc2SC(F)F)c1. The number of thioether (sulfide) groups is 1. The van der Waals surface area contributed by atoms with Crippen LogP contribution in [0, 0.1) is 6.92 Å². The molecule has 0 bridgehead atoms. The highest BCUT2D eigenvalue weighted by atomic mass is 32.2. The zero-order valence-corrected chi connectivity index (χ0v) is 11.2. The van der Waals surface area contributed by atoms with Crippen molar-refractivity contribution in [2.75, 3.05) is 11.1 Å². The van der Waals surface area contributed by atoms with Gasteiger partial charge in [0.2, 0.25) is 0 Å². The first-order valence-corrected chi connectivity index (χ1v) is 6.61. The number of nitrogen functional groups attached to an aromatic ring is 1. The van der Waals surface area contributed by atoms with E-state index in [4.69, 9.17) is 5.73 Å². The summed E-state index contributed by atoms with van der Waals surface area (Å²) in [6, 6.07) is 12.5. The molecule has 19 heavy (non-hydrogen) atoms. The van der Waals surface area contributed by atoms with Gasteiger partial charge in [-0.1, -0.05) is 30.0 Å². The van der Waals surface area contributed by atoms with E-state index in [2.05, 4.69) is 5.32 Å². The Bertz CT molecular complexity index is 573. The van der Waals surface area contributed by atoms with E-state index in [1.54, 1.807) is 30.3 Å². The van der Waals surface area contributed by atoms with Crippen molar-refractivity contribution < 1.29 is 8.78 Å². The molecule has 0 unspecified atom stereocenters. The third kappa shape index (κ3) is 3.61. The van der Waals surface area contributed by atoms with E-state index in [1.165, 1.54) is 0 Å². The van der Waals surface area contributed by atoms with E-state index in [1.807, 2.05) is 19.1 Å². The topological polar surface area (TPSA) is 38.0 Å². The predicted octanol–water partition coefficient (Wildman–Crippen LogP) is 4.64. The summed E-state index contributed by atoms with van der Waals surface area (Å²) >= 11 is 0.518. The summed E-state index contributed by atoms with van der Waals surface area (Å²) in [5.41, 5.74) is 8.86. The molecule has 0 amide bonds. The number of benzene rings is 2. The molecule has 0 aliphatic rings. The van der Waals surface area contributed by atoms with Crippen LogP contribution in [0.15, 0.2) is 47.4 Å². The molecule has 2 aromatic rings. The number of aryl methyl sites for hydroxylation is 1. The fraction of sp³-hybridized carbons (Fsp3) is 0.143. The van der Waals surface area contributed by atoms with Crippen molar-refractivity contribution in [3.8, 4) is 0 Å². The normalized spacial score (nSPS) is 10.7. The monoisotopic (exact) mass is 280 g/mol. The predicted molar refractivity (Wildman–Crippen MR) is 77.2 cm³/mol. The van der Waals surface area contributed by atoms with Gasteiger partial charge in [0.25, 0.3) is 5.76 Å². The number of hydrogen-bond acceptors (Lipinski definition) is 3. The number of rotatable bonds is 4. The molecule has 0 aliphatic heterocycles. The molecule has 0 fully saturated rings. The Hall–Kier alpha value is -1.75. The maximum Gasteiger partial charge on any atom is 0.288 e. The third-order valence-corrected chi connectivity index (χ3v) is 3.37. The van der Waals surface area contributed by atoms with Gasteiger partial charge in [-0.2, -0.15) is 8.78 Å². The van der Waals surface area contributed by atoms with Crippen molar-refractivity contribution in [3.05, 3.63) is 48.0 Å². The minimum Gasteiger partial charge on any atom is -0.397 e. The van der Waals surface area contributed by atoms with Crippen LogP contribution in [0.3, 0.4) is 0 Å². The second-order valence-corrected chi connectivity index (χ2v) is 5.12. The van der Waals surface area contributed by atoms with Crippen molar-refractivity contribution in [3.63, 3.8) is 0 Å². The van der Waals surface area contributed by atoms with Gasteiger partial charge in [0, 0.05) is 4.90 Å². The lowest BCUT2D eigenvalue weighted by Crippen LogP contribution is -1.98. The minimum absolute atomic E-state index is 0.499. The molecule has 0 heterocycles.